The summed E-state index contributed by atoms with van der Waals surface area (Å²) in [7, 11) is 2.00. The van der Waals surface area contributed by atoms with E-state index in [0.717, 1.165) is 52.7 Å². The highest BCUT2D eigenvalue weighted by molar-refractivity contribution is 5.86. The fourth-order valence-electron chi connectivity index (χ4n) is 6.99. The summed E-state index contributed by atoms with van der Waals surface area (Å²) < 4.78 is 40.3. The van der Waals surface area contributed by atoms with Gasteiger partial charge in [-0.2, -0.15) is 13.2 Å². The van der Waals surface area contributed by atoms with Gasteiger partial charge in [0, 0.05) is 48.7 Å². The van der Waals surface area contributed by atoms with E-state index in [-0.39, 0.29) is 11.9 Å². The largest absolute Gasteiger partial charge is 0.490 e. The maximum absolute atomic E-state index is 13.3. The van der Waals surface area contributed by atoms with Crippen LogP contribution in [0.2, 0.25) is 0 Å². The van der Waals surface area contributed by atoms with Crippen LogP contribution in [0.4, 0.5) is 19.1 Å². The average molecular weight is 642 g/mol. The van der Waals surface area contributed by atoms with Gasteiger partial charge in [-0.1, -0.05) is 44.6 Å². The number of carboxylic acid groups (broad SMARTS) is 1. The van der Waals surface area contributed by atoms with Crippen molar-refractivity contribution in [2.75, 3.05) is 12.8 Å². The number of carbonyl (C=O) groups is 2. The number of carboxylic acids is 1. The molecule has 46 heavy (non-hydrogen) atoms. The van der Waals surface area contributed by atoms with Gasteiger partial charge in [-0.3, -0.25) is 4.79 Å². The third-order valence-electron chi connectivity index (χ3n) is 9.41. The molecule has 1 atom stereocenters. The van der Waals surface area contributed by atoms with Crippen LogP contribution in [-0.4, -0.2) is 55.7 Å². The van der Waals surface area contributed by atoms with Crippen LogP contribution in [0, 0.1) is 5.92 Å². The molecule has 0 radical (unpaired) electrons. The molecule has 9 nitrogen and oxygen atoms in total. The molecule has 4 aromatic rings. The molecule has 2 aliphatic rings. The summed E-state index contributed by atoms with van der Waals surface area (Å²) in [6, 6.07) is 14.6. The molecule has 2 aromatic heterocycles. The van der Waals surface area contributed by atoms with E-state index in [1.54, 1.807) is 0 Å². The van der Waals surface area contributed by atoms with E-state index in [4.69, 9.17) is 25.4 Å². The lowest BCUT2D eigenvalue weighted by Crippen LogP contribution is -2.38. The Morgan fingerprint density at radius 3 is 2.41 bits per heavy atom. The number of imidazole rings is 1. The summed E-state index contributed by atoms with van der Waals surface area (Å²) >= 11 is 0. The van der Waals surface area contributed by atoms with Crippen molar-refractivity contribution < 1.29 is 32.6 Å². The highest BCUT2D eigenvalue weighted by atomic mass is 19.4. The number of nitrogens with two attached hydrogens (primary N) is 1. The maximum Gasteiger partial charge on any atom is 0.490 e. The topological polar surface area (TPSA) is 126 Å². The van der Waals surface area contributed by atoms with E-state index in [9.17, 15) is 18.0 Å². The number of anilines is 1. The van der Waals surface area contributed by atoms with Crippen molar-refractivity contribution in [2.24, 2.45) is 5.92 Å². The number of hydrogen-bond acceptors (Lipinski definition) is 5. The number of aliphatic carboxylic acids is 1. The smallest absolute Gasteiger partial charge is 0.475 e. The van der Waals surface area contributed by atoms with Crippen LogP contribution in [0.5, 0.6) is 11.5 Å². The van der Waals surface area contributed by atoms with Crippen molar-refractivity contribution in [2.45, 2.75) is 95.3 Å². The van der Waals surface area contributed by atoms with Crippen LogP contribution in [0.25, 0.3) is 21.9 Å². The Labute approximate surface area is 265 Å². The molecule has 2 heterocycles. The Morgan fingerprint density at radius 1 is 1.07 bits per heavy atom. The lowest BCUT2D eigenvalue weighted by Gasteiger charge is -2.34. The molecule has 6 rings (SSSR count). The molecule has 12 heteroatoms. The van der Waals surface area contributed by atoms with Crippen LogP contribution >= 0.6 is 0 Å². The number of benzene rings is 2. The number of hydrogen-bond donors (Lipinski definition) is 3. The van der Waals surface area contributed by atoms with Gasteiger partial charge in [0.1, 0.15) is 11.5 Å². The van der Waals surface area contributed by atoms with Gasteiger partial charge in [-0.05, 0) is 68.4 Å². The molecule has 248 valence electrons. The molecule has 0 saturated heterocycles. The summed E-state index contributed by atoms with van der Waals surface area (Å²) in [5.74, 6) is 0.0879. The lowest BCUT2D eigenvalue weighted by atomic mass is 9.82. The number of alkyl halides is 3. The monoisotopic (exact) mass is 641 g/mol. The molecule has 1 amide bonds. The molecule has 0 bridgehead atoms. The van der Waals surface area contributed by atoms with E-state index in [1.807, 2.05) is 54.5 Å². The zero-order valence-electron chi connectivity index (χ0n) is 26.1. The minimum absolute atomic E-state index is 0.141. The van der Waals surface area contributed by atoms with Crippen LogP contribution in [0.1, 0.15) is 83.1 Å². The maximum atomic E-state index is 13.3. The first-order valence-electron chi connectivity index (χ1n) is 16.1. The number of rotatable bonds is 8. The van der Waals surface area contributed by atoms with Crippen molar-refractivity contribution in [3.8, 4) is 11.5 Å². The van der Waals surface area contributed by atoms with E-state index in [0.29, 0.717) is 24.3 Å². The quantitative estimate of drug-likeness (QED) is 0.178. The molecule has 2 aromatic carbocycles. The number of nitrogens with zero attached hydrogens (tertiary/aromatic N) is 3. The number of H-pyrrole nitrogens is 1. The van der Waals surface area contributed by atoms with E-state index in [1.165, 1.54) is 51.4 Å². The van der Waals surface area contributed by atoms with Crippen LogP contribution in [0.15, 0.2) is 48.7 Å². The number of fused-ring (bicyclic) bond motifs is 2. The molecular weight excluding hydrogens is 599 g/mol. The molecule has 4 N–H and O–H groups in total. The zero-order valence-corrected chi connectivity index (χ0v) is 26.1. The van der Waals surface area contributed by atoms with Crippen molar-refractivity contribution >= 4 is 39.8 Å². The van der Waals surface area contributed by atoms with E-state index >= 15 is 0 Å². The van der Waals surface area contributed by atoms with Crippen molar-refractivity contribution in [3.63, 3.8) is 0 Å². The third-order valence-corrected chi connectivity index (χ3v) is 9.41. The van der Waals surface area contributed by atoms with Crippen LogP contribution < -0.4 is 10.5 Å². The number of aromatic amines is 1. The van der Waals surface area contributed by atoms with E-state index in [2.05, 4.69) is 15.6 Å². The summed E-state index contributed by atoms with van der Waals surface area (Å²) in [4.78, 5) is 32.2. The molecule has 0 aliphatic heterocycles. The minimum atomic E-state index is -5.08. The number of nitrogen functional groups attached to an aromatic ring is 1. The summed E-state index contributed by atoms with van der Waals surface area (Å²) in [6.45, 7) is 0. The summed E-state index contributed by atoms with van der Waals surface area (Å²) in [6.07, 6.45) is 10.3. The van der Waals surface area contributed by atoms with Crippen LogP contribution in [0.3, 0.4) is 0 Å². The predicted molar refractivity (Wildman–Crippen MR) is 171 cm³/mol. The number of aromatic nitrogens is 3. The highest BCUT2D eigenvalue weighted by Crippen LogP contribution is 2.40. The summed E-state index contributed by atoms with van der Waals surface area (Å²) in [5, 5.41) is 8.17. The first kappa shape index (κ1) is 33.2. The van der Waals surface area contributed by atoms with Gasteiger partial charge in [0.25, 0.3) is 0 Å². The zero-order chi connectivity index (χ0) is 32.8. The standard InChI is InChI=1S/C32H41N5O2.C2HF3O2/c1-36(23-11-6-3-7-12-23)31(38)18-17-28(22-9-4-2-5-10-22)37-29-21-24(15-16-27(29)35-32(37)33)39-30-14-8-13-26-25(30)19-20-34-26;3-2(4,5)1(6)7/h8,13-16,19-23,28,34H,2-7,9-12,17-18H2,1H3,(H2,33,35);(H,6,7). The second kappa shape index (κ2) is 14.5. The Balaban J connectivity index is 0.000000537. The number of amides is 1. The number of ether oxygens (including phenoxy) is 1. The van der Waals surface area contributed by atoms with Gasteiger partial charge < -0.3 is 30.0 Å². The highest BCUT2D eigenvalue weighted by Gasteiger charge is 2.38. The number of halogens is 3. The third kappa shape index (κ3) is 7.76. The number of carbonyl (C=O) groups excluding carboxylic acids is 1. The Bertz CT molecular complexity index is 1640. The first-order valence-corrected chi connectivity index (χ1v) is 16.1. The summed E-state index contributed by atoms with van der Waals surface area (Å²) in [5.41, 5.74) is 9.51. The second-order valence-electron chi connectivity index (χ2n) is 12.4. The molecule has 0 spiro atoms. The Morgan fingerprint density at radius 2 is 1.74 bits per heavy atom. The molecule has 2 aliphatic carbocycles. The van der Waals surface area contributed by atoms with Gasteiger partial charge in [-0.15, -0.1) is 0 Å². The predicted octanol–water partition coefficient (Wildman–Crippen LogP) is 8.22. The fraction of sp³-hybridized carbons (Fsp3) is 0.500. The molecular formula is C34H42F3N5O4. The second-order valence-corrected chi connectivity index (χ2v) is 12.4. The van der Waals surface area contributed by atoms with Gasteiger partial charge in [0.15, 0.2) is 0 Å². The van der Waals surface area contributed by atoms with Crippen molar-refractivity contribution in [1.82, 2.24) is 19.4 Å². The van der Waals surface area contributed by atoms with E-state index < -0.39 is 12.1 Å². The van der Waals surface area contributed by atoms with Crippen molar-refractivity contribution in [1.29, 1.82) is 0 Å². The van der Waals surface area contributed by atoms with Crippen LogP contribution in [-0.2, 0) is 9.59 Å². The van der Waals surface area contributed by atoms with Gasteiger partial charge in [-0.25, -0.2) is 9.78 Å². The van der Waals surface area contributed by atoms with Gasteiger partial charge >= 0.3 is 12.1 Å². The van der Waals surface area contributed by atoms with Gasteiger partial charge in [0.05, 0.1) is 11.0 Å². The molecule has 1 unspecified atom stereocenters. The Kier molecular flexibility index (Phi) is 10.4. The first-order chi connectivity index (χ1) is 22.0. The van der Waals surface area contributed by atoms with Gasteiger partial charge in [0.2, 0.25) is 11.9 Å². The number of nitrogens with one attached hydrogen (secondary N) is 1. The Hall–Kier alpha value is -4.22. The molecule has 2 saturated carbocycles. The normalized spacial score (nSPS) is 17.0. The SMILES string of the molecule is CN(C(=O)CCC(C1CCCCC1)n1c(N)nc2ccc(Oc3cccc4[nH]ccc34)cc21)C1CCCCC1.O=C(O)C(F)(F)F. The minimum Gasteiger partial charge on any atom is -0.475 e. The lowest BCUT2D eigenvalue weighted by molar-refractivity contribution is -0.192. The van der Waals surface area contributed by atoms with Crippen molar-refractivity contribution in [3.05, 3.63) is 48.7 Å². The molecule has 2 fully saturated rings. The fourth-order valence-corrected chi connectivity index (χ4v) is 6.99. The average Bonchev–Trinajstić information content (AvgIpc) is 3.66.